The van der Waals surface area contributed by atoms with Crippen molar-refractivity contribution in [2.75, 3.05) is 26.4 Å². The zero-order valence-electron chi connectivity index (χ0n) is 35.5. The molecule has 11 heteroatoms. The van der Waals surface area contributed by atoms with E-state index in [-0.39, 0.29) is 12.1 Å². The molecule has 0 aromatic heterocycles. The van der Waals surface area contributed by atoms with Crippen LogP contribution in [0.15, 0.2) is 0 Å². The first-order chi connectivity index (χ1) is 27.2. The highest BCUT2D eigenvalue weighted by molar-refractivity contribution is 4.99. The summed E-state index contributed by atoms with van der Waals surface area (Å²) >= 11 is 0. The van der Waals surface area contributed by atoms with Crippen LogP contribution in [-0.2, 0) is 18.9 Å². The second kappa shape index (κ2) is 26.7. The lowest BCUT2D eigenvalue weighted by molar-refractivity contribution is -0.303. The molecule has 1 aliphatic carbocycles. The number of hydrogen-bond donors (Lipinski definition) is 7. The van der Waals surface area contributed by atoms with E-state index in [1.54, 1.807) is 0 Å². The summed E-state index contributed by atoms with van der Waals surface area (Å²) in [5.74, 6) is 1.57. The molecule has 1 saturated carbocycles. The summed E-state index contributed by atoms with van der Waals surface area (Å²) < 4.78 is 23.4. The molecule has 56 heavy (non-hydrogen) atoms. The molecular weight excluding hydrogens is 714 g/mol. The van der Waals surface area contributed by atoms with Crippen LogP contribution in [0.2, 0.25) is 0 Å². The van der Waals surface area contributed by atoms with E-state index in [9.17, 15) is 30.6 Å². The standard InChI is InChI=1S/C45H85NO10/c1-3-4-5-6-7-8-9-10-11-15-18-21-24-37(48)40(49)36(30-54-44-43(52)42(51)41(50)39(29-47)56-44)46-45(31-53-32-45)27-22-19-16-13-12-14-17-20-23-35-28-34-25-26-38(35)55-33(34)2/h33-44,46-52H,3-32H2,1-2H3/t33-,34+,35+,36+,37-,38-,39?,40+,41?,42?,43?,44?/m1/s1. The lowest BCUT2D eigenvalue weighted by atomic mass is 9.72. The summed E-state index contributed by atoms with van der Waals surface area (Å²) in [7, 11) is 0. The maximum absolute atomic E-state index is 11.5. The molecule has 0 amide bonds. The number of unbranched alkanes of at least 4 members (excludes halogenated alkanes) is 18. The Labute approximate surface area is 340 Å². The average Bonchev–Trinajstić information content (AvgIpc) is 3.19. The Kier molecular flexibility index (Phi) is 23.0. The van der Waals surface area contributed by atoms with Crippen molar-refractivity contribution in [3.8, 4) is 0 Å². The van der Waals surface area contributed by atoms with Crippen molar-refractivity contribution in [1.82, 2.24) is 5.32 Å². The number of nitrogens with one attached hydrogen (secondary N) is 1. The molecule has 330 valence electrons. The van der Waals surface area contributed by atoms with Gasteiger partial charge in [-0.2, -0.15) is 0 Å². The molecule has 0 spiro atoms. The van der Waals surface area contributed by atoms with Crippen LogP contribution < -0.4 is 5.32 Å². The first-order valence-corrected chi connectivity index (χ1v) is 23.5. The third-order valence-corrected chi connectivity index (χ3v) is 13.7. The highest BCUT2D eigenvalue weighted by Crippen LogP contribution is 2.43. The number of fused-ring (bicyclic) bond motifs is 3. The van der Waals surface area contributed by atoms with Gasteiger partial charge >= 0.3 is 0 Å². The van der Waals surface area contributed by atoms with Crippen LogP contribution in [0, 0.1) is 11.8 Å². The van der Waals surface area contributed by atoms with Gasteiger partial charge in [-0.25, -0.2) is 0 Å². The van der Waals surface area contributed by atoms with Gasteiger partial charge in [-0.1, -0.05) is 135 Å². The third kappa shape index (κ3) is 15.9. The normalized spacial score (nSPS) is 31.6. The molecule has 0 radical (unpaired) electrons. The summed E-state index contributed by atoms with van der Waals surface area (Å²) in [4.78, 5) is 0. The Hall–Kier alpha value is -0.440. The van der Waals surface area contributed by atoms with E-state index in [1.807, 2.05) is 0 Å². The molecule has 5 rings (SSSR count). The highest BCUT2D eigenvalue weighted by atomic mass is 16.7. The monoisotopic (exact) mass is 800 g/mol. The molecule has 2 bridgehead atoms. The fraction of sp³-hybridized carbons (Fsp3) is 1.00. The van der Waals surface area contributed by atoms with Crippen LogP contribution >= 0.6 is 0 Å². The molecule has 12 atom stereocenters. The summed E-state index contributed by atoms with van der Waals surface area (Å²) in [6, 6.07) is -0.697. The lowest BCUT2D eigenvalue weighted by Crippen LogP contribution is -2.67. The second-order valence-electron chi connectivity index (χ2n) is 18.4. The van der Waals surface area contributed by atoms with Gasteiger partial charge in [0.25, 0.3) is 0 Å². The molecule has 4 saturated heterocycles. The zero-order valence-corrected chi connectivity index (χ0v) is 35.5. The van der Waals surface area contributed by atoms with E-state index in [1.165, 1.54) is 122 Å². The maximum Gasteiger partial charge on any atom is 0.186 e. The minimum Gasteiger partial charge on any atom is -0.394 e. The fourth-order valence-corrected chi connectivity index (χ4v) is 9.80. The van der Waals surface area contributed by atoms with Crippen LogP contribution in [-0.4, -0.2) is 124 Å². The van der Waals surface area contributed by atoms with Crippen LogP contribution in [0.3, 0.4) is 0 Å². The van der Waals surface area contributed by atoms with Gasteiger partial charge < -0.3 is 49.6 Å². The summed E-state index contributed by atoms with van der Waals surface area (Å²) in [5, 5.41) is 67.0. The topological polar surface area (TPSA) is 170 Å². The number of aliphatic hydroxyl groups is 6. The Balaban J connectivity index is 1.15. The smallest absolute Gasteiger partial charge is 0.186 e. The molecule has 4 aliphatic heterocycles. The molecular formula is C45H85NO10. The van der Waals surface area contributed by atoms with E-state index >= 15 is 0 Å². The number of aliphatic hydroxyl groups excluding tert-OH is 6. The summed E-state index contributed by atoms with van der Waals surface area (Å²) in [6.45, 7) is 4.83. The van der Waals surface area contributed by atoms with Gasteiger partial charge in [0.05, 0.1) is 62.4 Å². The number of ether oxygens (including phenoxy) is 4. The minimum atomic E-state index is -1.55. The highest BCUT2D eigenvalue weighted by Gasteiger charge is 2.46. The van der Waals surface area contributed by atoms with Crippen LogP contribution in [0.5, 0.6) is 0 Å². The number of hydrogen-bond acceptors (Lipinski definition) is 11. The van der Waals surface area contributed by atoms with E-state index in [0.29, 0.717) is 31.8 Å². The molecule has 5 unspecified atom stereocenters. The van der Waals surface area contributed by atoms with Crippen molar-refractivity contribution in [2.45, 2.75) is 247 Å². The van der Waals surface area contributed by atoms with Crippen molar-refractivity contribution in [1.29, 1.82) is 0 Å². The van der Waals surface area contributed by atoms with Crippen molar-refractivity contribution < 1.29 is 49.6 Å². The van der Waals surface area contributed by atoms with E-state index < -0.39 is 55.6 Å². The Morgan fingerprint density at radius 2 is 1.30 bits per heavy atom. The number of rotatable bonds is 32. The first kappa shape index (κ1) is 48.2. The second-order valence-corrected chi connectivity index (χ2v) is 18.4. The molecule has 0 aromatic rings. The van der Waals surface area contributed by atoms with Crippen molar-refractivity contribution in [3.05, 3.63) is 0 Å². The van der Waals surface area contributed by atoms with E-state index in [4.69, 9.17) is 18.9 Å². The van der Waals surface area contributed by atoms with Gasteiger partial charge in [-0.3, -0.25) is 5.32 Å². The predicted molar refractivity (Wildman–Crippen MR) is 219 cm³/mol. The Morgan fingerprint density at radius 3 is 1.84 bits per heavy atom. The Morgan fingerprint density at radius 1 is 0.714 bits per heavy atom. The van der Waals surface area contributed by atoms with Gasteiger partial charge in [0, 0.05) is 0 Å². The molecule has 4 heterocycles. The molecule has 0 aromatic carbocycles. The van der Waals surface area contributed by atoms with E-state index in [2.05, 4.69) is 19.2 Å². The van der Waals surface area contributed by atoms with Crippen LogP contribution in [0.4, 0.5) is 0 Å². The third-order valence-electron chi connectivity index (χ3n) is 13.7. The van der Waals surface area contributed by atoms with Crippen LogP contribution in [0.1, 0.15) is 181 Å². The fourth-order valence-electron chi connectivity index (χ4n) is 9.80. The molecule has 5 fully saturated rings. The lowest BCUT2D eigenvalue weighted by Gasteiger charge is -2.46. The van der Waals surface area contributed by atoms with Crippen molar-refractivity contribution in [2.24, 2.45) is 11.8 Å². The van der Waals surface area contributed by atoms with Gasteiger partial charge in [0.15, 0.2) is 6.29 Å². The van der Waals surface area contributed by atoms with Gasteiger partial charge in [0.1, 0.15) is 24.4 Å². The minimum absolute atomic E-state index is 0.116. The zero-order chi connectivity index (χ0) is 40.2. The maximum atomic E-state index is 11.5. The Bertz CT molecular complexity index is 1000. The first-order valence-electron chi connectivity index (χ1n) is 23.5. The van der Waals surface area contributed by atoms with Crippen LogP contribution in [0.25, 0.3) is 0 Å². The quantitative estimate of drug-likeness (QED) is 0.0374. The van der Waals surface area contributed by atoms with Gasteiger partial charge in [-0.15, -0.1) is 0 Å². The molecule has 5 aliphatic rings. The van der Waals surface area contributed by atoms with Crippen molar-refractivity contribution >= 4 is 0 Å². The predicted octanol–water partition coefficient (Wildman–Crippen LogP) is 6.45. The molecule has 11 nitrogen and oxygen atoms in total. The van der Waals surface area contributed by atoms with E-state index in [0.717, 1.165) is 50.4 Å². The average molecular weight is 800 g/mol. The SMILES string of the molecule is CCCCCCCCCCCCCC[C@@H](O)[C@@H](O)[C@H](COC1OC(CO)C(O)C(O)C1O)NC1(CCCCCCCCCC[C@H]2C[C@@H]3CC[C@H]2O[C@@H]3C)COC1. The summed E-state index contributed by atoms with van der Waals surface area (Å²) in [5.41, 5.74) is -0.361. The molecule has 7 N–H and O–H groups in total. The van der Waals surface area contributed by atoms with Crippen molar-refractivity contribution in [3.63, 3.8) is 0 Å². The van der Waals surface area contributed by atoms with Gasteiger partial charge in [0.2, 0.25) is 0 Å². The summed E-state index contributed by atoms with van der Waals surface area (Å²) in [6.07, 6.45) is 23.0. The largest absolute Gasteiger partial charge is 0.394 e. The van der Waals surface area contributed by atoms with Gasteiger partial charge in [-0.05, 0) is 57.3 Å².